The number of thioether (sulfide) groups is 1. The van der Waals surface area contributed by atoms with Gasteiger partial charge in [0, 0.05) is 5.69 Å². The Hall–Kier alpha value is -2.20. The van der Waals surface area contributed by atoms with E-state index in [1.807, 2.05) is 6.07 Å². The van der Waals surface area contributed by atoms with Crippen molar-refractivity contribution in [1.29, 1.82) is 5.26 Å². The van der Waals surface area contributed by atoms with Crippen LogP contribution in [0, 0.1) is 11.3 Å². The van der Waals surface area contributed by atoms with E-state index in [2.05, 4.69) is 10.4 Å². The first-order valence-corrected chi connectivity index (χ1v) is 5.60. The highest BCUT2D eigenvalue weighted by molar-refractivity contribution is 8.14. The Kier molecular flexibility index (Phi) is 4.84. The lowest BCUT2D eigenvalue weighted by Gasteiger charge is -2.04. The molecule has 1 amide bonds. The summed E-state index contributed by atoms with van der Waals surface area (Å²) in [5.74, 6) is 4.80. The molecule has 0 heterocycles. The van der Waals surface area contributed by atoms with Crippen LogP contribution in [0.5, 0.6) is 0 Å². The number of anilines is 1. The lowest BCUT2D eigenvalue weighted by Crippen LogP contribution is -2.18. The van der Waals surface area contributed by atoms with Crippen molar-refractivity contribution < 1.29 is 4.79 Å². The van der Waals surface area contributed by atoms with Gasteiger partial charge in [0.15, 0.2) is 5.17 Å². The van der Waals surface area contributed by atoms with Crippen molar-refractivity contribution in [3.8, 4) is 6.07 Å². The highest BCUT2D eigenvalue weighted by atomic mass is 32.2. The number of rotatable bonds is 3. The van der Waals surface area contributed by atoms with Crippen LogP contribution >= 0.6 is 11.8 Å². The third-order valence-electron chi connectivity index (χ3n) is 1.75. The Labute approximate surface area is 103 Å². The third-order valence-corrected chi connectivity index (χ3v) is 2.56. The molecule has 1 aromatic carbocycles. The first kappa shape index (κ1) is 12.9. The van der Waals surface area contributed by atoms with Gasteiger partial charge in [-0.1, -0.05) is 17.8 Å². The summed E-state index contributed by atoms with van der Waals surface area (Å²) in [6, 6.07) is 8.62. The van der Waals surface area contributed by atoms with Gasteiger partial charge in [0.2, 0.25) is 5.91 Å². The summed E-state index contributed by atoms with van der Waals surface area (Å²) >= 11 is 1.04. The normalized spacial score (nSPS) is 10.6. The molecule has 0 aliphatic carbocycles. The van der Waals surface area contributed by atoms with Crippen LogP contribution in [-0.4, -0.2) is 16.8 Å². The zero-order valence-electron chi connectivity index (χ0n) is 8.88. The van der Waals surface area contributed by atoms with Crippen LogP contribution in [0.2, 0.25) is 0 Å². The molecular formula is C10H11N5OS. The van der Waals surface area contributed by atoms with Crippen molar-refractivity contribution >= 4 is 28.5 Å². The lowest BCUT2D eigenvalue weighted by molar-refractivity contribution is -0.113. The van der Waals surface area contributed by atoms with Gasteiger partial charge in [-0.2, -0.15) is 10.4 Å². The Balaban J connectivity index is 2.54. The second-order valence-corrected chi connectivity index (χ2v) is 3.99. The molecule has 0 atom stereocenters. The van der Waals surface area contributed by atoms with Crippen molar-refractivity contribution in [3.05, 3.63) is 29.8 Å². The monoisotopic (exact) mass is 249 g/mol. The fourth-order valence-corrected chi connectivity index (χ4v) is 1.47. The largest absolute Gasteiger partial charge is 0.377 e. The molecule has 0 aliphatic rings. The zero-order valence-corrected chi connectivity index (χ0v) is 9.70. The van der Waals surface area contributed by atoms with E-state index in [-0.39, 0.29) is 16.8 Å². The number of nitrogens with zero attached hydrogens (tertiary/aromatic N) is 2. The van der Waals surface area contributed by atoms with Crippen molar-refractivity contribution in [1.82, 2.24) is 0 Å². The van der Waals surface area contributed by atoms with Gasteiger partial charge >= 0.3 is 0 Å². The highest BCUT2D eigenvalue weighted by Gasteiger charge is 2.04. The molecule has 0 saturated carbocycles. The van der Waals surface area contributed by atoms with E-state index in [1.54, 1.807) is 24.3 Å². The molecule has 6 nitrogen and oxygen atoms in total. The minimum atomic E-state index is -0.239. The van der Waals surface area contributed by atoms with Crippen LogP contribution < -0.4 is 16.9 Å². The Morgan fingerprint density at radius 3 is 3.00 bits per heavy atom. The third kappa shape index (κ3) is 4.44. The Morgan fingerprint density at radius 1 is 1.59 bits per heavy atom. The van der Waals surface area contributed by atoms with Gasteiger partial charge in [-0.3, -0.25) is 4.79 Å². The average molecular weight is 249 g/mol. The smallest absolute Gasteiger partial charge is 0.234 e. The van der Waals surface area contributed by atoms with Crippen molar-refractivity contribution in [3.63, 3.8) is 0 Å². The summed E-state index contributed by atoms with van der Waals surface area (Å²) in [7, 11) is 0. The molecule has 1 aromatic rings. The van der Waals surface area contributed by atoms with E-state index in [0.29, 0.717) is 11.3 Å². The summed E-state index contributed by atoms with van der Waals surface area (Å²) in [4.78, 5) is 11.5. The maximum atomic E-state index is 11.5. The summed E-state index contributed by atoms with van der Waals surface area (Å²) in [6.07, 6.45) is 0. The van der Waals surface area contributed by atoms with Gasteiger partial charge in [0.25, 0.3) is 0 Å². The molecule has 0 aromatic heterocycles. The quantitative estimate of drug-likeness (QED) is 0.310. The van der Waals surface area contributed by atoms with Crippen LogP contribution in [0.1, 0.15) is 5.56 Å². The number of carbonyl (C=O) groups excluding carboxylic acids is 1. The van der Waals surface area contributed by atoms with E-state index < -0.39 is 0 Å². The maximum absolute atomic E-state index is 11.5. The van der Waals surface area contributed by atoms with E-state index in [0.717, 1.165) is 11.8 Å². The van der Waals surface area contributed by atoms with E-state index in [9.17, 15) is 4.79 Å². The number of carbonyl (C=O) groups is 1. The van der Waals surface area contributed by atoms with Crippen LogP contribution in [0.4, 0.5) is 5.69 Å². The summed E-state index contributed by atoms with van der Waals surface area (Å²) < 4.78 is 0. The number of amides is 1. The van der Waals surface area contributed by atoms with Gasteiger partial charge in [-0.25, -0.2) is 0 Å². The Morgan fingerprint density at radius 2 is 2.35 bits per heavy atom. The second kappa shape index (κ2) is 6.40. The van der Waals surface area contributed by atoms with Gasteiger partial charge < -0.3 is 16.9 Å². The maximum Gasteiger partial charge on any atom is 0.234 e. The molecule has 0 bridgehead atoms. The minimum absolute atomic E-state index is 0.114. The second-order valence-electron chi connectivity index (χ2n) is 3.00. The molecule has 0 radical (unpaired) electrons. The molecule has 88 valence electrons. The van der Waals surface area contributed by atoms with E-state index in [1.165, 1.54) is 0 Å². The molecule has 0 aliphatic heterocycles. The van der Waals surface area contributed by atoms with Gasteiger partial charge in [0.05, 0.1) is 17.4 Å². The number of benzene rings is 1. The number of nitriles is 1. The number of nitrogens with two attached hydrogens (primary N) is 2. The molecule has 0 fully saturated rings. The van der Waals surface area contributed by atoms with Crippen molar-refractivity contribution in [2.45, 2.75) is 0 Å². The topological polar surface area (TPSA) is 117 Å². The Bertz CT molecular complexity index is 480. The summed E-state index contributed by atoms with van der Waals surface area (Å²) in [5.41, 5.74) is 6.38. The van der Waals surface area contributed by atoms with Crippen LogP contribution in [0.25, 0.3) is 0 Å². The van der Waals surface area contributed by atoms with Crippen LogP contribution in [-0.2, 0) is 4.79 Å². The zero-order chi connectivity index (χ0) is 12.7. The first-order valence-electron chi connectivity index (χ1n) is 4.62. The van der Waals surface area contributed by atoms with Gasteiger partial charge in [-0.15, -0.1) is 0 Å². The molecule has 0 unspecified atom stereocenters. The first-order chi connectivity index (χ1) is 8.15. The predicted octanol–water partition coefficient (Wildman–Crippen LogP) is 0.418. The van der Waals surface area contributed by atoms with E-state index in [4.69, 9.17) is 16.8 Å². The number of hydrogen-bond donors (Lipinski definition) is 3. The van der Waals surface area contributed by atoms with Gasteiger partial charge in [0.1, 0.15) is 0 Å². The molecule has 17 heavy (non-hydrogen) atoms. The molecule has 1 rings (SSSR count). The molecule has 5 N–H and O–H groups in total. The molecular weight excluding hydrogens is 238 g/mol. The van der Waals surface area contributed by atoms with Crippen LogP contribution in [0.15, 0.2) is 29.4 Å². The summed E-state index contributed by atoms with van der Waals surface area (Å²) in [5, 5.41) is 14.7. The average Bonchev–Trinajstić information content (AvgIpc) is 2.36. The molecule has 7 heteroatoms. The standard InChI is InChI=1S/C10H11N5OS/c11-5-7-2-1-3-8(4-7)14-9(16)6-17-10(12)15-13/h1-4H,6,13H2,(H2,12,15)(H,14,16). The van der Waals surface area contributed by atoms with Gasteiger partial charge in [-0.05, 0) is 18.2 Å². The number of hydrogen-bond acceptors (Lipinski definition) is 5. The summed E-state index contributed by atoms with van der Waals surface area (Å²) in [6.45, 7) is 0. The SMILES string of the molecule is N#Cc1cccc(NC(=O)CSC(N)=NN)c1. The molecule has 0 spiro atoms. The fraction of sp³-hybridized carbons (Fsp3) is 0.100. The van der Waals surface area contributed by atoms with Crippen LogP contribution in [0.3, 0.4) is 0 Å². The minimum Gasteiger partial charge on any atom is -0.377 e. The number of hydrazone groups is 1. The number of amidine groups is 1. The lowest BCUT2D eigenvalue weighted by atomic mass is 10.2. The molecule has 0 saturated heterocycles. The fourth-order valence-electron chi connectivity index (χ4n) is 1.04. The van der Waals surface area contributed by atoms with E-state index >= 15 is 0 Å². The predicted molar refractivity (Wildman–Crippen MR) is 68.1 cm³/mol. The number of nitrogens with one attached hydrogen (secondary N) is 1. The highest BCUT2D eigenvalue weighted by Crippen LogP contribution is 2.10. The van der Waals surface area contributed by atoms with Crippen molar-refractivity contribution in [2.24, 2.45) is 16.7 Å². The van der Waals surface area contributed by atoms with Crippen molar-refractivity contribution in [2.75, 3.05) is 11.1 Å².